The van der Waals surface area contributed by atoms with Gasteiger partial charge in [0.25, 0.3) is 0 Å². The normalized spacial score (nSPS) is 11.4. The van der Waals surface area contributed by atoms with Gasteiger partial charge in [0, 0.05) is 11.4 Å². The lowest BCUT2D eigenvalue weighted by atomic mass is 10.2. The first-order valence-corrected chi connectivity index (χ1v) is 6.87. The molecule has 0 unspecified atom stereocenters. The molecular formula is C18H20N2O. The van der Waals surface area contributed by atoms with E-state index in [2.05, 4.69) is 0 Å². The van der Waals surface area contributed by atoms with Gasteiger partial charge in [-0.2, -0.15) is 0 Å². The van der Waals surface area contributed by atoms with Crippen LogP contribution in [0.4, 0.5) is 11.4 Å². The SMILES string of the molecule is Nc1ccccc1C=CCOCC=Cc1ccccc1N. The average Bonchev–Trinajstić information content (AvgIpc) is 2.50. The maximum Gasteiger partial charge on any atom is 0.0655 e. The van der Waals surface area contributed by atoms with Crippen LogP contribution in [0.2, 0.25) is 0 Å². The van der Waals surface area contributed by atoms with Crippen LogP contribution in [0.5, 0.6) is 0 Å². The van der Waals surface area contributed by atoms with Crippen molar-refractivity contribution in [2.45, 2.75) is 0 Å². The number of benzene rings is 2. The second-order valence-corrected chi connectivity index (χ2v) is 4.60. The van der Waals surface area contributed by atoms with Gasteiger partial charge in [-0.1, -0.05) is 60.7 Å². The van der Waals surface area contributed by atoms with Crippen molar-refractivity contribution < 1.29 is 4.74 Å². The molecule has 0 aliphatic heterocycles. The van der Waals surface area contributed by atoms with Crippen molar-refractivity contribution in [2.75, 3.05) is 24.7 Å². The molecule has 0 bridgehead atoms. The van der Waals surface area contributed by atoms with Crippen LogP contribution in [0.1, 0.15) is 11.1 Å². The number of rotatable bonds is 6. The fourth-order valence-corrected chi connectivity index (χ4v) is 1.88. The minimum Gasteiger partial charge on any atom is -0.398 e. The van der Waals surface area contributed by atoms with Gasteiger partial charge in [-0.05, 0) is 23.3 Å². The van der Waals surface area contributed by atoms with E-state index < -0.39 is 0 Å². The summed E-state index contributed by atoms with van der Waals surface area (Å²) in [7, 11) is 0. The number of nitrogen functional groups attached to an aromatic ring is 2. The Morgan fingerprint density at radius 1 is 0.714 bits per heavy atom. The Hall–Kier alpha value is -2.52. The van der Waals surface area contributed by atoms with Crippen molar-refractivity contribution in [3.8, 4) is 0 Å². The minimum atomic E-state index is 0.545. The third-order valence-electron chi connectivity index (χ3n) is 3.01. The van der Waals surface area contributed by atoms with E-state index in [1.807, 2.05) is 72.8 Å². The van der Waals surface area contributed by atoms with E-state index in [9.17, 15) is 0 Å². The Morgan fingerprint density at radius 2 is 1.14 bits per heavy atom. The maximum atomic E-state index is 5.85. The molecule has 0 spiro atoms. The van der Waals surface area contributed by atoms with Gasteiger partial charge in [-0.3, -0.25) is 0 Å². The molecule has 2 aromatic carbocycles. The third-order valence-corrected chi connectivity index (χ3v) is 3.01. The molecule has 0 amide bonds. The van der Waals surface area contributed by atoms with Gasteiger partial charge in [-0.15, -0.1) is 0 Å². The Labute approximate surface area is 125 Å². The molecule has 0 aliphatic rings. The summed E-state index contributed by atoms with van der Waals surface area (Å²) < 4.78 is 5.50. The van der Waals surface area contributed by atoms with E-state index >= 15 is 0 Å². The van der Waals surface area contributed by atoms with Crippen molar-refractivity contribution in [2.24, 2.45) is 0 Å². The van der Waals surface area contributed by atoms with E-state index in [1.54, 1.807) is 0 Å². The number of ether oxygens (including phenoxy) is 1. The first-order valence-electron chi connectivity index (χ1n) is 6.87. The molecule has 0 aliphatic carbocycles. The van der Waals surface area contributed by atoms with E-state index in [4.69, 9.17) is 16.2 Å². The van der Waals surface area contributed by atoms with Crippen molar-refractivity contribution in [1.29, 1.82) is 0 Å². The Bertz CT molecular complexity index is 577. The highest BCUT2D eigenvalue weighted by Gasteiger charge is 1.92. The number of anilines is 2. The summed E-state index contributed by atoms with van der Waals surface area (Å²) >= 11 is 0. The summed E-state index contributed by atoms with van der Waals surface area (Å²) in [4.78, 5) is 0. The summed E-state index contributed by atoms with van der Waals surface area (Å²) in [5.74, 6) is 0. The Kier molecular flexibility index (Phi) is 5.61. The van der Waals surface area contributed by atoms with Gasteiger partial charge >= 0.3 is 0 Å². The zero-order valence-corrected chi connectivity index (χ0v) is 11.9. The maximum absolute atomic E-state index is 5.85. The second kappa shape index (κ2) is 7.92. The number of hydrogen-bond donors (Lipinski definition) is 2. The molecule has 0 heterocycles. The lowest BCUT2D eigenvalue weighted by Crippen LogP contribution is -1.92. The second-order valence-electron chi connectivity index (χ2n) is 4.60. The topological polar surface area (TPSA) is 61.3 Å². The third kappa shape index (κ3) is 4.82. The van der Waals surface area contributed by atoms with Gasteiger partial charge in [0.15, 0.2) is 0 Å². The lowest BCUT2D eigenvalue weighted by molar-refractivity contribution is 0.195. The highest BCUT2D eigenvalue weighted by molar-refractivity contribution is 5.64. The predicted molar refractivity (Wildman–Crippen MR) is 90.6 cm³/mol. The largest absolute Gasteiger partial charge is 0.398 e. The molecule has 4 N–H and O–H groups in total. The highest BCUT2D eigenvalue weighted by atomic mass is 16.5. The summed E-state index contributed by atoms with van der Waals surface area (Å²) in [5.41, 5.74) is 15.3. The molecule has 0 fully saturated rings. The van der Waals surface area contributed by atoms with Crippen LogP contribution in [0, 0.1) is 0 Å². The van der Waals surface area contributed by atoms with Crippen LogP contribution >= 0.6 is 0 Å². The zero-order valence-electron chi connectivity index (χ0n) is 11.9. The summed E-state index contributed by atoms with van der Waals surface area (Å²) in [5, 5.41) is 0. The fraction of sp³-hybridized carbons (Fsp3) is 0.111. The highest BCUT2D eigenvalue weighted by Crippen LogP contribution is 2.12. The molecule has 3 nitrogen and oxygen atoms in total. The summed E-state index contributed by atoms with van der Waals surface area (Å²) in [6.45, 7) is 1.09. The first kappa shape index (κ1) is 14.9. The van der Waals surface area contributed by atoms with Crippen molar-refractivity contribution >= 4 is 23.5 Å². The van der Waals surface area contributed by atoms with Crippen molar-refractivity contribution in [3.05, 3.63) is 71.8 Å². The smallest absolute Gasteiger partial charge is 0.0655 e. The molecule has 0 aromatic heterocycles. The van der Waals surface area contributed by atoms with Crippen LogP contribution in [0.15, 0.2) is 60.7 Å². The lowest BCUT2D eigenvalue weighted by Gasteiger charge is -2.00. The first-order chi connectivity index (χ1) is 10.3. The molecule has 3 heteroatoms. The predicted octanol–water partition coefficient (Wildman–Crippen LogP) is 3.59. The van der Waals surface area contributed by atoms with E-state index in [0.717, 1.165) is 22.5 Å². The van der Waals surface area contributed by atoms with E-state index in [-0.39, 0.29) is 0 Å². The molecule has 21 heavy (non-hydrogen) atoms. The van der Waals surface area contributed by atoms with Gasteiger partial charge in [0.1, 0.15) is 0 Å². The van der Waals surface area contributed by atoms with Gasteiger partial charge in [0.05, 0.1) is 13.2 Å². The number of para-hydroxylation sites is 2. The molecule has 0 saturated carbocycles. The summed E-state index contributed by atoms with van der Waals surface area (Å²) in [6.07, 6.45) is 7.84. The van der Waals surface area contributed by atoms with E-state index in [0.29, 0.717) is 13.2 Å². The fourth-order valence-electron chi connectivity index (χ4n) is 1.88. The van der Waals surface area contributed by atoms with Crippen LogP contribution in [0.3, 0.4) is 0 Å². The molecule has 2 rings (SSSR count). The number of hydrogen-bond acceptors (Lipinski definition) is 3. The summed E-state index contributed by atoms with van der Waals surface area (Å²) in [6, 6.07) is 15.5. The van der Waals surface area contributed by atoms with Gasteiger partial charge in [0.2, 0.25) is 0 Å². The van der Waals surface area contributed by atoms with Crippen LogP contribution in [0.25, 0.3) is 12.2 Å². The Balaban J connectivity index is 1.73. The van der Waals surface area contributed by atoms with Crippen LogP contribution in [-0.2, 0) is 4.74 Å². The minimum absolute atomic E-state index is 0.545. The van der Waals surface area contributed by atoms with Gasteiger partial charge in [-0.25, -0.2) is 0 Å². The average molecular weight is 280 g/mol. The monoisotopic (exact) mass is 280 g/mol. The molecule has 0 radical (unpaired) electrons. The number of nitrogens with two attached hydrogens (primary N) is 2. The van der Waals surface area contributed by atoms with Crippen LogP contribution < -0.4 is 11.5 Å². The standard InChI is InChI=1S/C18H20N2O/c19-17-11-3-1-7-15(17)9-5-13-21-14-6-10-16-8-2-4-12-18(16)20/h1-12H,13-14,19-20H2. The molecule has 0 saturated heterocycles. The van der Waals surface area contributed by atoms with Crippen molar-refractivity contribution in [1.82, 2.24) is 0 Å². The zero-order chi connectivity index (χ0) is 14.9. The quantitative estimate of drug-likeness (QED) is 0.628. The van der Waals surface area contributed by atoms with Crippen molar-refractivity contribution in [3.63, 3.8) is 0 Å². The molecular weight excluding hydrogens is 260 g/mol. The molecule has 2 aromatic rings. The Morgan fingerprint density at radius 3 is 1.57 bits per heavy atom. The molecule has 0 atom stereocenters. The molecule has 108 valence electrons. The van der Waals surface area contributed by atoms with Crippen LogP contribution in [-0.4, -0.2) is 13.2 Å². The van der Waals surface area contributed by atoms with Gasteiger partial charge < -0.3 is 16.2 Å². The van der Waals surface area contributed by atoms with E-state index in [1.165, 1.54) is 0 Å².